The van der Waals surface area contributed by atoms with Crippen molar-refractivity contribution in [3.63, 3.8) is 0 Å². The summed E-state index contributed by atoms with van der Waals surface area (Å²) in [4.78, 5) is 10.2. The van der Waals surface area contributed by atoms with E-state index in [0.717, 1.165) is 11.5 Å². The topological polar surface area (TPSA) is 63.3 Å². The number of carbonyl (C=O) groups is 1. The van der Waals surface area contributed by atoms with E-state index < -0.39 is 12.0 Å². The van der Waals surface area contributed by atoms with E-state index in [1.807, 2.05) is 0 Å². The fourth-order valence-corrected chi connectivity index (χ4v) is 1.54. The van der Waals surface area contributed by atoms with Gasteiger partial charge in [0.25, 0.3) is 0 Å². The molecule has 0 aromatic carbocycles. The Labute approximate surface area is 81.0 Å². The molecule has 70 valence electrons. The molecule has 0 aromatic rings. The van der Waals surface area contributed by atoms with E-state index in [-0.39, 0.29) is 0 Å². The first-order valence-electron chi connectivity index (χ1n) is 3.50. The number of carboxylic acids is 1. The van der Waals surface area contributed by atoms with E-state index in [2.05, 4.69) is 0 Å². The Morgan fingerprint density at radius 1 is 1.75 bits per heavy atom. The van der Waals surface area contributed by atoms with E-state index >= 15 is 0 Å². The molecule has 0 radical (unpaired) electrons. The van der Waals surface area contributed by atoms with Crippen molar-refractivity contribution < 1.29 is 9.90 Å². The molecule has 1 atom stereocenters. The van der Waals surface area contributed by atoms with Crippen molar-refractivity contribution in [3.8, 4) is 0 Å². The lowest BCUT2D eigenvalue weighted by molar-refractivity contribution is -0.138. The van der Waals surface area contributed by atoms with Gasteiger partial charge in [0, 0.05) is 11.3 Å². The molecule has 3 N–H and O–H groups in total. The highest BCUT2D eigenvalue weighted by atomic mass is 35.5. The van der Waals surface area contributed by atoms with E-state index in [1.165, 1.54) is 5.54 Å². The second-order valence-electron chi connectivity index (χ2n) is 2.17. The normalized spacial score (nSPS) is 13.5. The van der Waals surface area contributed by atoms with Crippen LogP contribution in [0.5, 0.6) is 0 Å². The lowest BCUT2D eigenvalue weighted by atomic mass is 10.2. The predicted octanol–water partition coefficient (Wildman–Crippen LogP) is 1.27. The minimum atomic E-state index is -0.941. The standard InChI is InChI=1S/C7H12ClNO2S/c8-3-1-4-12-5-2-6(9)7(10)11/h1,3,6H,2,4-5,9H2,(H,10,11)/b3-1+. The fraction of sp³-hybridized carbons (Fsp3) is 0.571. The molecule has 3 nitrogen and oxygen atoms in total. The van der Waals surface area contributed by atoms with Crippen molar-refractivity contribution >= 4 is 29.3 Å². The van der Waals surface area contributed by atoms with Gasteiger partial charge >= 0.3 is 5.97 Å². The first-order valence-corrected chi connectivity index (χ1v) is 5.09. The molecule has 0 heterocycles. The van der Waals surface area contributed by atoms with Crippen LogP contribution in [0.3, 0.4) is 0 Å². The van der Waals surface area contributed by atoms with Crippen molar-refractivity contribution in [2.45, 2.75) is 12.5 Å². The average Bonchev–Trinajstić information content (AvgIpc) is 2.03. The number of thioether (sulfide) groups is 1. The van der Waals surface area contributed by atoms with Crippen LogP contribution < -0.4 is 5.73 Å². The van der Waals surface area contributed by atoms with E-state index in [1.54, 1.807) is 17.8 Å². The number of halogens is 1. The summed E-state index contributed by atoms with van der Waals surface area (Å²) in [5.74, 6) is 0.605. The van der Waals surface area contributed by atoms with Crippen molar-refractivity contribution in [2.75, 3.05) is 11.5 Å². The van der Waals surface area contributed by atoms with Gasteiger partial charge in [-0.15, -0.1) is 0 Å². The minimum absolute atomic E-state index is 0.496. The molecular weight excluding hydrogens is 198 g/mol. The SMILES string of the molecule is NC(CCSC/C=C/Cl)C(=O)O. The summed E-state index contributed by atoms with van der Waals surface area (Å²) in [6.07, 6.45) is 2.30. The number of carboxylic acid groups (broad SMARTS) is 1. The maximum Gasteiger partial charge on any atom is 0.320 e. The number of aliphatic carboxylic acids is 1. The summed E-state index contributed by atoms with van der Waals surface area (Å²) in [6, 6.07) is -0.738. The molecule has 0 fully saturated rings. The summed E-state index contributed by atoms with van der Waals surface area (Å²) in [7, 11) is 0. The highest BCUT2D eigenvalue weighted by Crippen LogP contribution is 2.04. The van der Waals surface area contributed by atoms with E-state index in [0.29, 0.717) is 6.42 Å². The van der Waals surface area contributed by atoms with Crippen LogP contribution in [0.15, 0.2) is 11.6 Å². The van der Waals surface area contributed by atoms with Gasteiger partial charge in [-0.3, -0.25) is 4.79 Å². The summed E-state index contributed by atoms with van der Waals surface area (Å²) in [5.41, 5.74) is 6.72. The van der Waals surface area contributed by atoms with Gasteiger partial charge in [0.1, 0.15) is 6.04 Å². The Morgan fingerprint density at radius 2 is 2.42 bits per heavy atom. The van der Waals surface area contributed by atoms with Crippen LogP contribution in [-0.4, -0.2) is 28.6 Å². The minimum Gasteiger partial charge on any atom is -0.480 e. The number of rotatable bonds is 6. The Kier molecular flexibility index (Phi) is 7.34. The van der Waals surface area contributed by atoms with Crippen LogP contribution in [0.4, 0.5) is 0 Å². The molecule has 0 amide bonds. The predicted molar refractivity (Wildman–Crippen MR) is 52.5 cm³/mol. The number of nitrogens with two attached hydrogens (primary N) is 1. The molecule has 1 unspecified atom stereocenters. The molecule has 0 aliphatic rings. The molecule has 0 bridgehead atoms. The van der Waals surface area contributed by atoms with Gasteiger partial charge in [0.05, 0.1) is 0 Å². The van der Waals surface area contributed by atoms with Crippen molar-refractivity contribution in [1.29, 1.82) is 0 Å². The highest BCUT2D eigenvalue weighted by molar-refractivity contribution is 7.99. The zero-order valence-electron chi connectivity index (χ0n) is 6.57. The van der Waals surface area contributed by atoms with E-state index in [9.17, 15) is 4.79 Å². The van der Waals surface area contributed by atoms with Crippen LogP contribution in [-0.2, 0) is 4.79 Å². The Balaban J connectivity index is 3.25. The van der Waals surface area contributed by atoms with Gasteiger partial charge in [-0.1, -0.05) is 17.7 Å². The van der Waals surface area contributed by atoms with Crippen molar-refractivity contribution in [3.05, 3.63) is 11.6 Å². The lowest BCUT2D eigenvalue weighted by Gasteiger charge is -2.03. The Hall–Kier alpha value is -0.190. The van der Waals surface area contributed by atoms with Crippen LogP contribution in [0.1, 0.15) is 6.42 Å². The summed E-state index contributed by atoms with van der Waals surface area (Å²) in [6.45, 7) is 0. The molecule has 0 aliphatic carbocycles. The summed E-state index contributed by atoms with van der Waals surface area (Å²) >= 11 is 6.89. The second kappa shape index (κ2) is 7.46. The molecule has 0 saturated carbocycles. The average molecular weight is 210 g/mol. The van der Waals surface area contributed by atoms with E-state index in [4.69, 9.17) is 22.4 Å². The molecule has 0 rings (SSSR count). The third kappa shape index (κ3) is 6.52. The largest absolute Gasteiger partial charge is 0.480 e. The third-order valence-electron chi connectivity index (χ3n) is 1.19. The molecule has 0 spiro atoms. The molecule has 0 aromatic heterocycles. The van der Waals surface area contributed by atoms with Gasteiger partial charge in [-0.25, -0.2) is 0 Å². The highest BCUT2D eigenvalue weighted by Gasteiger charge is 2.09. The Bertz CT molecular complexity index is 163. The van der Waals surface area contributed by atoms with Crippen molar-refractivity contribution in [2.24, 2.45) is 5.73 Å². The molecule has 0 saturated heterocycles. The third-order valence-corrected chi connectivity index (χ3v) is 2.32. The first-order chi connectivity index (χ1) is 5.68. The molecular formula is C7H12ClNO2S. The smallest absolute Gasteiger partial charge is 0.320 e. The molecule has 12 heavy (non-hydrogen) atoms. The van der Waals surface area contributed by atoms with Crippen LogP contribution >= 0.6 is 23.4 Å². The van der Waals surface area contributed by atoms with Gasteiger partial charge in [-0.2, -0.15) is 11.8 Å². The molecule has 5 heteroatoms. The number of hydrogen-bond donors (Lipinski definition) is 2. The second-order valence-corrected chi connectivity index (χ2v) is 3.57. The monoisotopic (exact) mass is 209 g/mol. The fourth-order valence-electron chi connectivity index (χ4n) is 0.522. The van der Waals surface area contributed by atoms with Crippen LogP contribution in [0, 0.1) is 0 Å². The summed E-state index contributed by atoms with van der Waals surface area (Å²) < 4.78 is 0. The maximum absolute atomic E-state index is 10.2. The summed E-state index contributed by atoms with van der Waals surface area (Å²) in [5, 5.41) is 8.42. The maximum atomic E-state index is 10.2. The zero-order valence-corrected chi connectivity index (χ0v) is 8.14. The zero-order chi connectivity index (χ0) is 9.40. The lowest BCUT2D eigenvalue weighted by Crippen LogP contribution is -2.30. The number of hydrogen-bond acceptors (Lipinski definition) is 3. The van der Waals surface area contributed by atoms with Crippen LogP contribution in [0.25, 0.3) is 0 Å². The Morgan fingerprint density at radius 3 is 2.92 bits per heavy atom. The quantitative estimate of drug-likeness (QED) is 0.647. The van der Waals surface area contributed by atoms with Gasteiger partial charge in [0.2, 0.25) is 0 Å². The molecule has 0 aliphatic heterocycles. The van der Waals surface area contributed by atoms with Gasteiger partial charge in [-0.05, 0) is 12.2 Å². The first kappa shape index (κ1) is 11.8. The van der Waals surface area contributed by atoms with Crippen molar-refractivity contribution in [1.82, 2.24) is 0 Å². The van der Waals surface area contributed by atoms with Gasteiger partial charge in [0.15, 0.2) is 0 Å². The van der Waals surface area contributed by atoms with Gasteiger partial charge < -0.3 is 10.8 Å². The van der Waals surface area contributed by atoms with Crippen LogP contribution in [0.2, 0.25) is 0 Å².